The number of aliphatic hydroxyl groups excluding tert-OH is 5. The predicted octanol–water partition coefficient (Wildman–Crippen LogP) is 11.9. The van der Waals surface area contributed by atoms with E-state index in [0.29, 0.717) is 12.8 Å². The van der Waals surface area contributed by atoms with Gasteiger partial charge in [-0.2, -0.15) is 0 Å². The van der Waals surface area contributed by atoms with E-state index < -0.39 is 67.4 Å². The Morgan fingerprint density at radius 1 is 0.603 bits per heavy atom. The molecule has 1 saturated heterocycles. The number of aliphatic hydroxyl groups is 5. The van der Waals surface area contributed by atoms with E-state index in [4.69, 9.17) is 14.2 Å². The van der Waals surface area contributed by atoms with Crippen LogP contribution >= 0.6 is 0 Å². The van der Waals surface area contributed by atoms with E-state index in [2.05, 4.69) is 74.7 Å². The summed E-state index contributed by atoms with van der Waals surface area (Å²) in [5, 5.41) is 56.7. The normalized spacial score (nSPS) is 20.4. The predicted molar refractivity (Wildman–Crippen MR) is 278 cm³/mol. The standard InChI is InChI=1S/C57H101NO10/c1-4-7-10-13-16-19-22-24-25-27-30-33-36-39-42-45-52(62)68-55-54(64)53(63)51(46-59)67-57(55)66-47-48(49(60)43-40-37-34-31-28-21-18-15-12-9-6-3)58-56(65)50(61)44-41-38-35-32-29-26-23-20-17-14-11-8-5-2/h8,11,16-17,19-20,22,24,40,43,48-51,53-55,57,59-61,63-64H,4-7,9-10,12-15,18,21,23,25-39,41-42,44-47H2,1-3H3,(H,58,65)/b11-8+,19-16+,20-17+,24-22+,43-40+. The van der Waals surface area contributed by atoms with Gasteiger partial charge in [0, 0.05) is 6.42 Å². The first-order valence-corrected chi connectivity index (χ1v) is 27.6. The van der Waals surface area contributed by atoms with E-state index in [1.165, 1.54) is 64.2 Å². The number of amides is 1. The van der Waals surface area contributed by atoms with Crippen LogP contribution in [-0.2, 0) is 23.8 Å². The molecule has 394 valence electrons. The number of carbonyl (C=O) groups excluding carboxylic acids is 2. The monoisotopic (exact) mass is 960 g/mol. The smallest absolute Gasteiger partial charge is 0.306 e. The molecule has 0 bridgehead atoms. The third kappa shape index (κ3) is 33.8. The number of nitrogens with one attached hydrogen (secondary N) is 1. The zero-order valence-electron chi connectivity index (χ0n) is 43.2. The minimum Gasteiger partial charge on any atom is -0.454 e. The Balaban J connectivity index is 2.76. The zero-order chi connectivity index (χ0) is 49.7. The summed E-state index contributed by atoms with van der Waals surface area (Å²) in [6.07, 6.45) is 44.1. The molecule has 8 unspecified atom stereocenters. The van der Waals surface area contributed by atoms with Gasteiger partial charge in [-0.05, 0) is 77.0 Å². The van der Waals surface area contributed by atoms with E-state index in [0.717, 1.165) is 116 Å². The Labute approximate surface area is 414 Å². The van der Waals surface area contributed by atoms with Crippen LogP contribution in [0.15, 0.2) is 60.8 Å². The van der Waals surface area contributed by atoms with Crippen molar-refractivity contribution in [1.82, 2.24) is 5.32 Å². The number of carbonyl (C=O) groups is 2. The van der Waals surface area contributed by atoms with Crippen molar-refractivity contribution in [2.24, 2.45) is 0 Å². The molecule has 0 saturated carbocycles. The van der Waals surface area contributed by atoms with Gasteiger partial charge >= 0.3 is 5.97 Å². The maximum Gasteiger partial charge on any atom is 0.306 e. The van der Waals surface area contributed by atoms with E-state index in [-0.39, 0.29) is 19.4 Å². The van der Waals surface area contributed by atoms with Gasteiger partial charge in [-0.15, -0.1) is 0 Å². The van der Waals surface area contributed by atoms with Crippen molar-refractivity contribution in [3.63, 3.8) is 0 Å². The highest BCUT2D eigenvalue weighted by Crippen LogP contribution is 2.26. The lowest BCUT2D eigenvalue weighted by Gasteiger charge is -2.41. The molecule has 1 fully saturated rings. The lowest BCUT2D eigenvalue weighted by Crippen LogP contribution is -2.61. The van der Waals surface area contributed by atoms with Crippen molar-refractivity contribution in [3.05, 3.63) is 60.8 Å². The van der Waals surface area contributed by atoms with Crippen LogP contribution in [0, 0.1) is 0 Å². The van der Waals surface area contributed by atoms with Gasteiger partial charge in [-0.1, -0.05) is 204 Å². The van der Waals surface area contributed by atoms with E-state index in [1.54, 1.807) is 6.08 Å². The van der Waals surface area contributed by atoms with Crippen LogP contribution in [0.5, 0.6) is 0 Å². The van der Waals surface area contributed by atoms with Crippen LogP contribution in [-0.4, -0.2) is 99.6 Å². The van der Waals surface area contributed by atoms with Gasteiger partial charge in [-0.3, -0.25) is 9.59 Å². The van der Waals surface area contributed by atoms with Gasteiger partial charge in [0.1, 0.15) is 24.4 Å². The molecule has 1 aliphatic rings. The summed E-state index contributed by atoms with van der Waals surface area (Å²) in [6, 6.07) is -1.03. The topological polar surface area (TPSA) is 175 Å². The molecular formula is C57H101NO10. The van der Waals surface area contributed by atoms with E-state index in [9.17, 15) is 35.1 Å². The molecule has 1 rings (SSSR count). The molecular weight excluding hydrogens is 859 g/mol. The largest absolute Gasteiger partial charge is 0.454 e. The van der Waals surface area contributed by atoms with Crippen molar-refractivity contribution in [1.29, 1.82) is 0 Å². The van der Waals surface area contributed by atoms with Crippen molar-refractivity contribution in [3.8, 4) is 0 Å². The Morgan fingerprint density at radius 2 is 1.10 bits per heavy atom. The van der Waals surface area contributed by atoms with Crippen LogP contribution in [0.3, 0.4) is 0 Å². The summed E-state index contributed by atoms with van der Waals surface area (Å²) in [4.78, 5) is 26.4. The van der Waals surface area contributed by atoms with Gasteiger partial charge in [-0.25, -0.2) is 0 Å². The average Bonchev–Trinajstić information content (AvgIpc) is 3.33. The highest BCUT2D eigenvalue weighted by molar-refractivity contribution is 5.80. The molecule has 0 spiro atoms. The summed E-state index contributed by atoms with van der Waals surface area (Å²) < 4.78 is 17.5. The Kier molecular flexibility index (Phi) is 42.4. The van der Waals surface area contributed by atoms with Crippen LogP contribution < -0.4 is 5.32 Å². The first-order valence-electron chi connectivity index (χ1n) is 27.6. The number of allylic oxidation sites excluding steroid dienone is 9. The molecule has 1 aliphatic heterocycles. The molecule has 0 aliphatic carbocycles. The molecule has 11 nitrogen and oxygen atoms in total. The van der Waals surface area contributed by atoms with Crippen molar-refractivity contribution >= 4 is 11.9 Å². The van der Waals surface area contributed by atoms with Gasteiger partial charge in [0.2, 0.25) is 5.91 Å². The Bertz CT molecular complexity index is 1330. The fourth-order valence-corrected chi connectivity index (χ4v) is 8.27. The van der Waals surface area contributed by atoms with Gasteiger partial charge in [0.25, 0.3) is 0 Å². The number of esters is 1. The first kappa shape index (κ1) is 63.4. The minimum absolute atomic E-state index is 0.108. The van der Waals surface area contributed by atoms with Gasteiger partial charge in [0.15, 0.2) is 12.4 Å². The summed E-state index contributed by atoms with van der Waals surface area (Å²) in [6.45, 7) is 5.61. The molecule has 1 amide bonds. The SMILES string of the molecule is CC/C=C/C/C=C/CCCCCCCCC(O)C(=O)NC(COC1OC(CO)C(O)C(O)C1OC(=O)CCCCCCCC/C=C/C=C/CCCCC)C(O)/C=C/CCCCCCCCCCC. The second-order valence-corrected chi connectivity index (χ2v) is 19.0. The molecule has 6 N–H and O–H groups in total. The van der Waals surface area contributed by atoms with Crippen LogP contribution in [0.2, 0.25) is 0 Å². The fourth-order valence-electron chi connectivity index (χ4n) is 8.27. The Hall–Kier alpha value is -2.64. The summed E-state index contributed by atoms with van der Waals surface area (Å²) in [5.74, 6) is -1.22. The van der Waals surface area contributed by atoms with Crippen molar-refractivity contribution < 1.29 is 49.3 Å². The lowest BCUT2D eigenvalue weighted by molar-refractivity contribution is -0.305. The third-order valence-electron chi connectivity index (χ3n) is 12.7. The third-order valence-corrected chi connectivity index (χ3v) is 12.7. The highest BCUT2D eigenvalue weighted by Gasteiger charge is 2.47. The number of ether oxygens (including phenoxy) is 3. The first-order chi connectivity index (χ1) is 33.2. The Morgan fingerprint density at radius 3 is 1.69 bits per heavy atom. The maximum absolute atomic E-state index is 13.3. The average molecular weight is 960 g/mol. The number of hydrogen-bond donors (Lipinski definition) is 6. The zero-order valence-corrected chi connectivity index (χ0v) is 43.2. The number of hydrogen-bond acceptors (Lipinski definition) is 10. The summed E-state index contributed by atoms with van der Waals surface area (Å²) >= 11 is 0. The van der Waals surface area contributed by atoms with Crippen LogP contribution in [0.4, 0.5) is 0 Å². The molecule has 0 aromatic rings. The maximum atomic E-state index is 13.3. The summed E-state index contributed by atoms with van der Waals surface area (Å²) in [7, 11) is 0. The molecule has 0 aromatic carbocycles. The van der Waals surface area contributed by atoms with E-state index >= 15 is 0 Å². The second kappa shape index (κ2) is 45.5. The fraction of sp³-hybridized carbons (Fsp3) is 0.789. The molecule has 8 atom stereocenters. The van der Waals surface area contributed by atoms with Gasteiger partial charge in [0.05, 0.1) is 25.4 Å². The summed E-state index contributed by atoms with van der Waals surface area (Å²) in [5.41, 5.74) is 0. The second-order valence-electron chi connectivity index (χ2n) is 19.0. The van der Waals surface area contributed by atoms with E-state index in [1.807, 2.05) is 6.08 Å². The number of unbranched alkanes of at least 4 members (excludes halogenated alkanes) is 24. The molecule has 11 heteroatoms. The van der Waals surface area contributed by atoms with Gasteiger partial charge < -0.3 is 45.1 Å². The van der Waals surface area contributed by atoms with Crippen molar-refractivity contribution in [2.75, 3.05) is 13.2 Å². The molecule has 68 heavy (non-hydrogen) atoms. The highest BCUT2D eigenvalue weighted by atomic mass is 16.7. The van der Waals surface area contributed by atoms with Crippen LogP contribution in [0.1, 0.15) is 226 Å². The number of rotatable bonds is 45. The van der Waals surface area contributed by atoms with Crippen molar-refractivity contribution in [2.45, 2.75) is 275 Å². The minimum atomic E-state index is -1.62. The van der Waals surface area contributed by atoms with Crippen LogP contribution in [0.25, 0.3) is 0 Å². The molecule has 0 radical (unpaired) electrons. The lowest BCUT2D eigenvalue weighted by atomic mass is 9.99. The molecule has 1 heterocycles. The molecule has 0 aromatic heterocycles. The quantitative estimate of drug-likeness (QED) is 0.0149.